The minimum Gasteiger partial charge on any atom is -0.212 e. The smallest absolute Gasteiger partial charge is 0.211 e. The van der Waals surface area contributed by atoms with Gasteiger partial charge in [-0.15, -0.1) is 11.3 Å². The molecule has 0 radical (unpaired) electrons. The molecular formula is C7H3ClN4S. The van der Waals surface area contributed by atoms with E-state index >= 15 is 0 Å². The molecule has 0 N–H and O–H groups in total. The minimum absolute atomic E-state index is 0.439. The molecule has 0 aliphatic carbocycles. The molecule has 64 valence electrons. The van der Waals surface area contributed by atoms with Gasteiger partial charge in [0.1, 0.15) is 11.2 Å². The van der Waals surface area contributed by atoms with E-state index in [4.69, 9.17) is 16.9 Å². The molecule has 6 heteroatoms. The number of thiazole rings is 1. The van der Waals surface area contributed by atoms with Gasteiger partial charge in [-0.3, -0.25) is 0 Å². The summed E-state index contributed by atoms with van der Waals surface area (Å²) >= 11 is 7.02. The fourth-order valence-electron chi connectivity index (χ4n) is 0.836. The van der Waals surface area contributed by atoms with E-state index in [0.29, 0.717) is 15.8 Å². The Morgan fingerprint density at radius 2 is 2.46 bits per heavy atom. The average Bonchev–Trinajstić information content (AvgIpc) is 2.71. The van der Waals surface area contributed by atoms with Crippen molar-refractivity contribution in [1.29, 1.82) is 5.26 Å². The van der Waals surface area contributed by atoms with Gasteiger partial charge in [0.05, 0.1) is 18.0 Å². The summed E-state index contributed by atoms with van der Waals surface area (Å²) in [5, 5.41) is 15.3. The van der Waals surface area contributed by atoms with Crippen LogP contribution in [-0.4, -0.2) is 14.8 Å². The second-order valence-corrected chi connectivity index (χ2v) is 3.46. The van der Waals surface area contributed by atoms with Crippen LogP contribution in [0, 0.1) is 11.3 Å². The highest BCUT2D eigenvalue weighted by Gasteiger charge is 2.03. The summed E-state index contributed by atoms with van der Waals surface area (Å²) in [6, 6.07) is 1.98. The third kappa shape index (κ3) is 1.54. The molecule has 2 aromatic heterocycles. The van der Waals surface area contributed by atoms with Crippen molar-refractivity contribution in [3.8, 4) is 11.2 Å². The highest BCUT2D eigenvalue weighted by molar-refractivity contribution is 7.12. The van der Waals surface area contributed by atoms with Crippen LogP contribution in [0.3, 0.4) is 0 Å². The molecule has 2 heterocycles. The molecule has 13 heavy (non-hydrogen) atoms. The second kappa shape index (κ2) is 3.17. The van der Waals surface area contributed by atoms with E-state index in [1.165, 1.54) is 22.2 Å². The monoisotopic (exact) mass is 210 g/mol. The fraction of sp³-hybridized carbons (Fsp3) is 0. The maximum atomic E-state index is 8.56. The Morgan fingerprint density at radius 1 is 1.62 bits per heavy atom. The lowest BCUT2D eigenvalue weighted by Crippen LogP contribution is -1.91. The van der Waals surface area contributed by atoms with Crippen LogP contribution in [0.2, 0.25) is 5.15 Å². The molecule has 0 spiro atoms. The van der Waals surface area contributed by atoms with Crippen LogP contribution in [0.25, 0.3) is 5.13 Å². The van der Waals surface area contributed by atoms with Crippen LogP contribution in [0.4, 0.5) is 0 Å². The zero-order valence-corrected chi connectivity index (χ0v) is 7.88. The number of halogens is 1. The van der Waals surface area contributed by atoms with Crippen molar-refractivity contribution < 1.29 is 0 Å². The van der Waals surface area contributed by atoms with E-state index in [-0.39, 0.29) is 0 Å². The normalized spacial score (nSPS) is 9.85. The molecule has 0 aromatic carbocycles. The van der Waals surface area contributed by atoms with Gasteiger partial charge in [-0.1, -0.05) is 11.6 Å². The van der Waals surface area contributed by atoms with Crippen molar-refractivity contribution in [2.45, 2.75) is 0 Å². The summed E-state index contributed by atoms with van der Waals surface area (Å²) in [5.74, 6) is 0. The van der Waals surface area contributed by atoms with Gasteiger partial charge < -0.3 is 0 Å². The van der Waals surface area contributed by atoms with Gasteiger partial charge in [0.25, 0.3) is 0 Å². The first kappa shape index (κ1) is 8.23. The number of rotatable bonds is 1. The SMILES string of the molecule is N#Cc1cnn(-c2nc(Cl)cs2)c1. The largest absolute Gasteiger partial charge is 0.212 e. The van der Waals surface area contributed by atoms with E-state index in [0.717, 1.165) is 0 Å². The predicted octanol–water partition coefficient (Wildman–Crippen LogP) is 1.85. The number of hydrogen-bond acceptors (Lipinski definition) is 4. The molecule has 2 aromatic rings. The lowest BCUT2D eigenvalue weighted by atomic mass is 10.4. The van der Waals surface area contributed by atoms with Gasteiger partial charge >= 0.3 is 0 Å². The molecule has 0 saturated heterocycles. The lowest BCUT2D eigenvalue weighted by Gasteiger charge is -1.90. The van der Waals surface area contributed by atoms with Gasteiger partial charge in [-0.05, 0) is 0 Å². The summed E-state index contributed by atoms with van der Waals surface area (Å²) in [4.78, 5) is 4.00. The van der Waals surface area contributed by atoms with Crippen LogP contribution in [0.5, 0.6) is 0 Å². The molecule has 0 atom stereocenters. The number of nitriles is 1. The average molecular weight is 211 g/mol. The Kier molecular flexibility index (Phi) is 2.00. The van der Waals surface area contributed by atoms with Gasteiger partial charge in [0.15, 0.2) is 0 Å². The Hall–Kier alpha value is -1.38. The van der Waals surface area contributed by atoms with Gasteiger partial charge in [-0.25, -0.2) is 9.67 Å². The second-order valence-electron chi connectivity index (χ2n) is 2.24. The van der Waals surface area contributed by atoms with Crippen molar-refractivity contribution in [3.05, 3.63) is 28.5 Å². The number of nitrogens with zero attached hydrogens (tertiary/aromatic N) is 4. The molecule has 0 aliphatic rings. The van der Waals surface area contributed by atoms with E-state index in [1.54, 1.807) is 11.6 Å². The van der Waals surface area contributed by atoms with Crippen LogP contribution in [0.1, 0.15) is 5.56 Å². The molecule has 0 aliphatic heterocycles. The molecular weight excluding hydrogens is 208 g/mol. The van der Waals surface area contributed by atoms with Gasteiger partial charge in [0, 0.05) is 5.38 Å². The quantitative estimate of drug-likeness (QED) is 0.722. The summed E-state index contributed by atoms with van der Waals surface area (Å²) < 4.78 is 1.52. The Balaban J connectivity index is 2.42. The molecule has 0 saturated carbocycles. The molecule has 2 rings (SSSR count). The fourth-order valence-corrected chi connectivity index (χ4v) is 1.71. The van der Waals surface area contributed by atoms with Crippen molar-refractivity contribution in [2.75, 3.05) is 0 Å². The first-order chi connectivity index (χ1) is 6.29. The van der Waals surface area contributed by atoms with Crippen LogP contribution < -0.4 is 0 Å². The predicted molar refractivity (Wildman–Crippen MR) is 49.0 cm³/mol. The summed E-state index contributed by atoms with van der Waals surface area (Å²) in [6.45, 7) is 0. The zero-order chi connectivity index (χ0) is 9.26. The van der Waals surface area contributed by atoms with E-state index in [2.05, 4.69) is 10.1 Å². The van der Waals surface area contributed by atoms with Crippen LogP contribution in [0.15, 0.2) is 17.8 Å². The van der Waals surface area contributed by atoms with Crippen molar-refractivity contribution in [3.63, 3.8) is 0 Å². The van der Waals surface area contributed by atoms with E-state index < -0.39 is 0 Å². The van der Waals surface area contributed by atoms with E-state index in [9.17, 15) is 0 Å². The third-order valence-corrected chi connectivity index (χ3v) is 2.53. The maximum absolute atomic E-state index is 8.56. The van der Waals surface area contributed by atoms with Crippen LogP contribution in [-0.2, 0) is 0 Å². The minimum atomic E-state index is 0.439. The van der Waals surface area contributed by atoms with E-state index in [1.807, 2.05) is 6.07 Å². The Bertz CT molecular complexity index is 467. The maximum Gasteiger partial charge on any atom is 0.211 e. The third-order valence-electron chi connectivity index (χ3n) is 1.37. The highest BCUT2D eigenvalue weighted by atomic mass is 35.5. The molecule has 0 fully saturated rings. The highest BCUT2D eigenvalue weighted by Crippen LogP contribution is 2.17. The van der Waals surface area contributed by atoms with Crippen molar-refractivity contribution in [1.82, 2.24) is 14.8 Å². The molecule has 0 amide bonds. The van der Waals surface area contributed by atoms with Crippen molar-refractivity contribution >= 4 is 22.9 Å². The van der Waals surface area contributed by atoms with Gasteiger partial charge in [-0.2, -0.15) is 10.4 Å². The Morgan fingerprint density at radius 3 is 3.00 bits per heavy atom. The lowest BCUT2D eigenvalue weighted by molar-refractivity contribution is 0.869. The first-order valence-corrected chi connectivity index (χ1v) is 4.61. The summed E-state index contributed by atoms with van der Waals surface area (Å²) in [7, 11) is 0. The molecule has 0 unspecified atom stereocenters. The number of aromatic nitrogens is 3. The zero-order valence-electron chi connectivity index (χ0n) is 6.31. The molecule has 0 bridgehead atoms. The number of hydrogen-bond donors (Lipinski definition) is 0. The summed E-state index contributed by atoms with van der Waals surface area (Å²) in [6.07, 6.45) is 3.09. The Labute approximate surface area is 83.0 Å². The van der Waals surface area contributed by atoms with Gasteiger partial charge in [0.2, 0.25) is 5.13 Å². The standard InChI is InChI=1S/C7H3ClN4S/c8-6-4-13-7(11-6)12-3-5(1-9)2-10-12/h2-4H. The molecule has 4 nitrogen and oxygen atoms in total. The first-order valence-electron chi connectivity index (χ1n) is 3.36. The topological polar surface area (TPSA) is 54.5 Å². The summed E-state index contributed by atoms with van der Waals surface area (Å²) in [5.41, 5.74) is 0.506. The van der Waals surface area contributed by atoms with Crippen LogP contribution >= 0.6 is 22.9 Å². The van der Waals surface area contributed by atoms with Crippen molar-refractivity contribution in [2.24, 2.45) is 0 Å².